The predicted octanol–water partition coefficient (Wildman–Crippen LogP) is 2.49. The largest absolute Gasteiger partial charge is 0.419 e. The number of fused-ring (bicyclic) bond motifs is 1. The minimum Gasteiger partial charge on any atom is -0.408 e. The molecule has 0 spiro atoms. The Morgan fingerprint density at radius 2 is 1.95 bits per heavy atom. The summed E-state index contributed by atoms with van der Waals surface area (Å²) < 4.78 is 6.69. The molecule has 3 aromatic rings. The molecule has 1 heterocycles. The lowest BCUT2D eigenvalue weighted by Crippen LogP contribution is -2.13. The molecule has 2 aromatic carbocycles. The summed E-state index contributed by atoms with van der Waals surface area (Å²) >= 11 is 0. The molecule has 2 N–H and O–H groups in total. The maximum Gasteiger partial charge on any atom is 0.419 e. The molecular weight excluding hydrogens is 252 g/mol. The van der Waals surface area contributed by atoms with Gasteiger partial charge in [0.1, 0.15) is 0 Å². The summed E-state index contributed by atoms with van der Waals surface area (Å²) in [7, 11) is 1.69. The molecule has 0 amide bonds. The summed E-state index contributed by atoms with van der Waals surface area (Å²) in [6.45, 7) is 2.04. The minimum absolute atomic E-state index is 0.230. The van der Waals surface area contributed by atoms with Gasteiger partial charge in [-0.25, -0.2) is 4.79 Å². The number of nitrogens with zero attached hydrogens (tertiary/aromatic N) is 1. The molecule has 0 saturated heterocycles. The maximum atomic E-state index is 11.5. The molecule has 0 bridgehead atoms. The summed E-state index contributed by atoms with van der Waals surface area (Å²) in [4.78, 5) is 11.5. The first kappa shape index (κ1) is 12.7. The van der Waals surface area contributed by atoms with Crippen LogP contribution in [0, 0.1) is 6.92 Å². The number of hydrogen-bond donors (Lipinski definition) is 1. The fourth-order valence-electron chi connectivity index (χ4n) is 2.46. The SMILES string of the molecule is Cc1ccccc1C(N)c1ccc2c(c1)oc(=O)n2C. The molecule has 0 aliphatic rings. The van der Waals surface area contributed by atoms with Crippen LogP contribution in [0.4, 0.5) is 0 Å². The Hall–Kier alpha value is -2.33. The third kappa shape index (κ3) is 1.94. The molecule has 1 unspecified atom stereocenters. The number of oxazole rings is 1. The standard InChI is InChI=1S/C16H16N2O2/c1-10-5-3-4-6-12(10)15(17)11-7-8-13-14(9-11)20-16(19)18(13)2/h3-9,15H,17H2,1-2H3. The number of aromatic nitrogens is 1. The summed E-state index contributed by atoms with van der Waals surface area (Å²) in [6, 6.07) is 13.4. The highest BCUT2D eigenvalue weighted by molar-refractivity contribution is 5.74. The van der Waals surface area contributed by atoms with Crippen molar-refractivity contribution >= 4 is 11.1 Å². The first-order chi connectivity index (χ1) is 9.58. The van der Waals surface area contributed by atoms with Crippen LogP contribution in [-0.4, -0.2) is 4.57 Å². The zero-order valence-corrected chi connectivity index (χ0v) is 11.5. The molecule has 0 radical (unpaired) electrons. The Bertz CT molecular complexity index is 830. The van der Waals surface area contributed by atoms with Crippen LogP contribution in [0.2, 0.25) is 0 Å². The van der Waals surface area contributed by atoms with Gasteiger partial charge in [0.25, 0.3) is 0 Å². The van der Waals surface area contributed by atoms with E-state index in [4.69, 9.17) is 10.2 Å². The predicted molar refractivity (Wildman–Crippen MR) is 78.7 cm³/mol. The first-order valence-electron chi connectivity index (χ1n) is 6.48. The third-order valence-corrected chi connectivity index (χ3v) is 3.70. The normalized spacial score (nSPS) is 12.8. The first-order valence-corrected chi connectivity index (χ1v) is 6.48. The summed E-state index contributed by atoms with van der Waals surface area (Å²) in [5.41, 5.74) is 10.8. The lowest BCUT2D eigenvalue weighted by Gasteiger charge is -2.15. The lowest BCUT2D eigenvalue weighted by molar-refractivity contribution is 0.527. The van der Waals surface area contributed by atoms with Crippen LogP contribution >= 0.6 is 0 Å². The summed E-state index contributed by atoms with van der Waals surface area (Å²) in [5.74, 6) is -0.360. The smallest absolute Gasteiger partial charge is 0.408 e. The molecule has 0 aliphatic heterocycles. The van der Waals surface area contributed by atoms with E-state index in [1.807, 2.05) is 49.4 Å². The van der Waals surface area contributed by atoms with Crippen LogP contribution in [0.25, 0.3) is 11.1 Å². The van der Waals surface area contributed by atoms with Crippen molar-refractivity contribution < 1.29 is 4.42 Å². The van der Waals surface area contributed by atoms with Gasteiger partial charge in [0, 0.05) is 7.05 Å². The quantitative estimate of drug-likeness (QED) is 0.776. The van der Waals surface area contributed by atoms with E-state index < -0.39 is 0 Å². The zero-order valence-electron chi connectivity index (χ0n) is 11.5. The van der Waals surface area contributed by atoms with Gasteiger partial charge in [-0.1, -0.05) is 30.3 Å². The van der Waals surface area contributed by atoms with Crippen molar-refractivity contribution in [2.75, 3.05) is 0 Å². The number of nitrogens with two attached hydrogens (primary N) is 1. The van der Waals surface area contributed by atoms with Crippen LogP contribution in [0.15, 0.2) is 51.7 Å². The van der Waals surface area contributed by atoms with Gasteiger partial charge in [0.05, 0.1) is 11.6 Å². The highest BCUT2D eigenvalue weighted by Crippen LogP contribution is 2.25. The Morgan fingerprint density at radius 1 is 1.20 bits per heavy atom. The van der Waals surface area contributed by atoms with Gasteiger partial charge in [-0.3, -0.25) is 4.57 Å². The summed E-state index contributed by atoms with van der Waals surface area (Å²) in [6.07, 6.45) is 0. The van der Waals surface area contributed by atoms with Crippen LogP contribution in [0.1, 0.15) is 22.7 Å². The van der Waals surface area contributed by atoms with E-state index in [2.05, 4.69) is 0 Å². The lowest BCUT2D eigenvalue weighted by atomic mass is 9.96. The highest BCUT2D eigenvalue weighted by atomic mass is 16.4. The van der Waals surface area contributed by atoms with E-state index in [1.165, 1.54) is 4.57 Å². The number of rotatable bonds is 2. The van der Waals surface area contributed by atoms with Crippen molar-refractivity contribution in [1.29, 1.82) is 0 Å². The van der Waals surface area contributed by atoms with Crippen LogP contribution in [-0.2, 0) is 7.05 Å². The van der Waals surface area contributed by atoms with Crippen molar-refractivity contribution in [1.82, 2.24) is 4.57 Å². The van der Waals surface area contributed by atoms with Crippen LogP contribution in [0.3, 0.4) is 0 Å². The Balaban J connectivity index is 2.11. The zero-order chi connectivity index (χ0) is 14.3. The van der Waals surface area contributed by atoms with Crippen molar-refractivity contribution in [3.05, 3.63) is 69.7 Å². The van der Waals surface area contributed by atoms with E-state index in [0.29, 0.717) is 5.58 Å². The van der Waals surface area contributed by atoms with Gasteiger partial charge in [-0.15, -0.1) is 0 Å². The van der Waals surface area contributed by atoms with Crippen molar-refractivity contribution in [2.45, 2.75) is 13.0 Å². The second kappa shape index (κ2) is 4.65. The van der Waals surface area contributed by atoms with E-state index in [0.717, 1.165) is 22.2 Å². The molecule has 1 atom stereocenters. The van der Waals surface area contributed by atoms with Gasteiger partial charge < -0.3 is 10.2 Å². The third-order valence-electron chi connectivity index (χ3n) is 3.70. The monoisotopic (exact) mass is 268 g/mol. The minimum atomic E-state index is -0.360. The van der Waals surface area contributed by atoms with E-state index in [9.17, 15) is 4.79 Å². The highest BCUT2D eigenvalue weighted by Gasteiger charge is 2.13. The number of hydrogen-bond acceptors (Lipinski definition) is 3. The average molecular weight is 268 g/mol. The van der Waals surface area contributed by atoms with Crippen molar-refractivity contribution in [3.63, 3.8) is 0 Å². The van der Waals surface area contributed by atoms with Crippen LogP contribution in [0.5, 0.6) is 0 Å². The molecule has 0 saturated carbocycles. The Labute approximate surface area is 116 Å². The molecular formula is C16H16N2O2. The van der Waals surface area contributed by atoms with Crippen molar-refractivity contribution in [3.8, 4) is 0 Å². The van der Waals surface area contributed by atoms with E-state index in [-0.39, 0.29) is 11.8 Å². The van der Waals surface area contributed by atoms with E-state index >= 15 is 0 Å². The maximum absolute atomic E-state index is 11.5. The average Bonchev–Trinajstić information content (AvgIpc) is 2.73. The molecule has 4 heteroatoms. The molecule has 0 fully saturated rings. The fourth-order valence-corrected chi connectivity index (χ4v) is 2.46. The van der Waals surface area contributed by atoms with Gasteiger partial charge in [-0.2, -0.15) is 0 Å². The number of aryl methyl sites for hydroxylation is 2. The Kier molecular flexibility index (Phi) is 2.95. The fraction of sp³-hybridized carbons (Fsp3) is 0.188. The summed E-state index contributed by atoms with van der Waals surface area (Å²) in [5, 5.41) is 0. The molecule has 1 aromatic heterocycles. The second-order valence-corrected chi connectivity index (χ2v) is 4.99. The number of benzene rings is 2. The Morgan fingerprint density at radius 3 is 2.70 bits per heavy atom. The second-order valence-electron chi connectivity index (χ2n) is 4.99. The van der Waals surface area contributed by atoms with E-state index in [1.54, 1.807) is 7.05 Å². The molecule has 102 valence electrons. The van der Waals surface area contributed by atoms with Gasteiger partial charge in [0.2, 0.25) is 0 Å². The molecule has 20 heavy (non-hydrogen) atoms. The van der Waals surface area contributed by atoms with Gasteiger partial charge in [0.15, 0.2) is 5.58 Å². The molecule has 0 aliphatic carbocycles. The van der Waals surface area contributed by atoms with Gasteiger partial charge in [-0.05, 0) is 35.7 Å². The molecule has 3 rings (SSSR count). The van der Waals surface area contributed by atoms with Gasteiger partial charge >= 0.3 is 5.76 Å². The topological polar surface area (TPSA) is 61.2 Å². The molecule has 4 nitrogen and oxygen atoms in total. The van der Waals surface area contributed by atoms with Crippen molar-refractivity contribution in [2.24, 2.45) is 12.8 Å². The van der Waals surface area contributed by atoms with Crippen LogP contribution < -0.4 is 11.5 Å².